The van der Waals surface area contributed by atoms with Crippen molar-refractivity contribution in [3.05, 3.63) is 46.2 Å². The van der Waals surface area contributed by atoms with Gasteiger partial charge in [-0.25, -0.2) is 0 Å². The number of nitrogens with one attached hydrogen (secondary N) is 2. The smallest absolute Gasteiger partial charge is 0.262 e. The maximum Gasteiger partial charge on any atom is 0.262 e. The van der Waals surface area contributed by atoms with Gasteiger partial charge in [-0.15, -0.1) is 11.3 Å². The van der Waals surface area contributed by atoms with Gasteiger partial charge >= 0.3 is 0 Å². The number of hydrogen-bond acceptors (Lipinski definition) is 4. The van der Waals surface area contributed by atoms with Crippen LogP contribution in [0.2, 0.25) is 0 Å². The Kier molecular flexibility index (Phi) is 4.62. The van der Waals surface area contributed by atoms with Gasteiger partial charge in [0.05, 0.1) is 11.7 Å². The van der Waals surface area contributed by atoms with E-state index in [0.29, 0.717) is 17.9 Å². The van der Waals surface area contributed by atoms with Crippen molar-refractivity contribution in [1.82, 2.24) is 5.32 Å². The first kappa shape index (κ1) is 15.6. The minimum absolute atomic E-state index is 0.0175. The number of amides is 2. The second-order valence-electron chi connectivity index (χ2n) is 5.46. The average Bonchev–Trinajstić information content (AvgIpc) is 3.05. The van der Waals surface area contributed by atoms with Crippen LogP contribution in [0.3, 0.4) is 0 Å². The Morgan fingerprint density at radius 3 is 3.09 bits per heavy atom. The van der Waals surface area contributed by atoms with Crippen molar-refractivity contribution in [1.29, 1.82) is 0 Å². The summed E-state index contributed by atoms with van der Waals surface area (Å²) in [4.78, 5) is 24.6. The molecule has 0 saturated carbocycles. The summed E-state index contributed by atoms with van der Waals surface area (Å²) in [7, 11) is 0. The number of anilines is 1. The molecular formula is C17H18N2O3S. The normalized spacial score (nSPS) is 14.4. The number of carbonyl (C=O) groups excluding carboxylic acids is 2. The van der Waals surface area contributed by atoms with Crippen molar-refractivity contribution < 1.29 is 14.3 Å². The summed E-state index contributed by atoms with van der Waals surface area (Å²) in [6, 6.07) is 9.46. The highest BCUT2D eigenvalue weighted by atomic mass is 32.1. The zero-order valence-corrected chi connectivity index (χ0v) is 13.6. The van der Waals surface area contributed by atoms with E-state index < -0.39 is 0 Å². The van der Waals surface area contributed by atoms with E-state index in [2.05, 4.69) is 10.6 Å². The fourth-order valence-corrected chi connectivity index (χ4v) is 3.17. The number of hydrogen-bond donors (Lipinski definition) is 2. The average molecular weight is 330 g/mol. The number of thiophene rings is 1. The van der Waals surface area contributed by atoms with Crippen molar-refractivity contribution in [3.8, 4) is 5.75 Å². The molecule has 1 aromatic heterocycles. The first-order valence-corrected chi connectivity index (χ1v) is 8.38. The lowest BCUT2D eigenvalue weighted by molar-refractivity contribution is -0.121. The second kappa shape index (κ2) is 6.83. The van der Waals surface area contributed by atoms with E-state index in [1.165, 1.54) is 4.88 Å². The van der Waals surface area contributed by atoms with Crippen molar-refractivity contribution in [2.24, 2.45) is 0 Å². The van der Waals surface area contributed by atoms with E-state index in [-0.39, 0.29) is 24.5 Å². The Hall–Kier alpha value is -2.34. The van der Waals surface area contributed by atoms with Gasteiger partial charge in [0.25, 0.3) is 5.91 Å². The van der Waals surface area contributed by atoms with Gasteiger partial charge in [-0.1, -0.05) is 12.1 Å². The lowest BCUT2D eigenvalue weighted by atomic mass is 10.1. The molecule has 120 valence electrons. The van der Waals surface area contributed by atoms with Crippen LogP contribution in [0.25, 0.3) is 0 Å². The number of rotatable bonds is 5. The first-order chi connectivity index (χ1) is 11.1. The topological polar surface area (TPSA) is 67.4 Å². The summed E-state index contributed by atoms with van der Waals surface area (Å²) in [6.07, 6.45) is 1.22. The molecule has 0 aliphatic carbocycles. The van der Waals surface area contributed by atoms with Gasteiger partial charge in [-0.3, -0.25) is 9.59 Å². The predicted octanol–water partition coefficient (Wildman–Crippen LogP) is 2.89. The van der Waals surface area contributed by atoms with Gasteiger partial charge in [-0.05, 0) is 42.5 Å². The van der Waals surface area contributed by atoms with Crippen LogP contribution in [0, 0.1) is 0 Å². The molecule has 3 rings (SSSR count). The Bertz CT molecular complexity index is 713. The molecule has 1 aliphatic rings. The van der Waals surface area contributed by atoms with Gasteiger partial charge in [0.15, 0.2) is 6.61 Å². The van der Waals surface area contributed by atoms with E-state index in [0.717, 1.165) is 12.0 Å². The van der Waals surface area contributed by atoms with Crippen LogP contribution in [0.1, 0.15) is 29.8 Å². The van der Waals surface area contributed by atoms with Gasteiger partial charge < -0.3 is 15.4 Å². The Balaban J connectivity index is 1.59. The molecular weight excluding hydrogens is 312 g/mol. The fourth-order valence-electron chi connectivity index (χ4n) is 2.46. The van der Waals surface area contributed by atoms with Crippen molar-refractivity contribution in [2.45, 2.75) is 25.8 Å². The first-order valence-electron chi connectivity index (χ1n) is 7.50. The van der Waals surface area contributed by atoms with Crippen LogP contribution >= 0.6 is 11.3 Å². The largest absolute Gasteiger partial charge is 0.482 e. The molecule has 0 saturated heterocycles. The van der Waals surface area contributed by atoms with E-state index in [4.69, 9.17) is 4.74 Å². The minimum Gasteiger partial charge on any atom is -0.482 e. The molecule has 1 aromatic carbocycles. The summed E-state index contributed by atoms with van der Waals surface area (Å²) < 4.78 is 5.33. The number of benzene rings is 1. The monoisotopic (exact) mass is 330 g/mol. The van der Waals surface area contributed by atoms with Gasteiger partial charge in [-0.2, -0.15) is 0 Å². The maximum atomic E-state index is 12.1. The number of carbonyl (C=O) groups is 2. The van der Waals surface area contributed by atoms with Crippen LogP contribution in [0.5, 0.6) is 5.75 Å². The van der Waals surface area contributed by atoms with Crippen LogP contribution in [0.15, 0.2) is 35.7 Å². The lowest BCUT2D eigenvalue weighted by Crippen LogP contribution is -2.28. The van der Waals surface area contributed by atoms with E-state index >= 15 is 0 Å². The fraction of sp³-hybridized carbons (Fsp3) is 0.294. The molecule has 0 radical (unpaired) electrons. The van der Waals surface area contributed by atoms with Crippen molar-refractivity contribution in [3.63, 3.8) is 0 Å². The van der Waals surface area contributed by atoms with E-state index in [9.17, 15) is 9.59 Å². The Labute approximate surface area is 138 Å². The standard InChI is InChI=1S/C17H18N2O3S/c1-11(18-16(20)7-5-13-3-2-8-23-13)12-4-6-15-14(9-12)19-17(21)10-22-15/h2-4,6,8-9,11H,5,7,10H2,1H3,(H,18,20)(H,19,21)/t11-/m0/s1. The van der Waals surface area contributed by atoms with Crippen molar-refractivity contribution in [2.75, 3.05) is 11.9 Å². The van der Waals surface area contributed by atoms with E-state index in [1.54, 1.807) is 11.3 Å². The summed E-state index contributed by atoms with van der Waals surface area (Å²) in [5.74, 6) is 0.510. The molecule has 0 spiro atoms. The third kappa shape index (κ3) is 3.90. The molecule has 23 heavy (non-hydrogen) atoms. The van der Waals surface area contributed by atoms with Gasteiger partial charge in [0.1, 0.15) is 5.75 Å². The van der Waals surface area contributed by atoms with Gasteiger partial charge in [0.2, 0.25) is 5.91 Å². The summed E-state index contributed by atoms with van der Waals surface area (Å²) in [6.45, 7) is 1.97. The third-order valence-electron chi connectivity index (χ3n) is 3.69. The molecule has 2 amide bonds. The highest BCUT2D eigenvalue weighted by Gasteiger charge is 2.18. The predicted molar refractivity (Wildman–Crippen MR) is 89.8 cm³/mol. The number of ether oxygens (including phenoxy) is 1. The summed E-state index contributed by atoms with van der Waals surface area (Å²) in [5, 5.41) is 7.78. The lowest BCUT2D eigenvalue weighted by Gasteiger charge is -2.21. The highest BCUT2D eigenvalue weighted by molar-refractivity contribution is 7.09. The SMILES string of the molecule is C[C@H](NC(=O)CCc1cccs1)c1ccc2c(c1)NC(=O)CO2. The second-order valence-corrected chi connectivity index (χ2v) is 6.49. The molecule has 5 nitrogen and oxygen atoms in total. The number of fused-ring (bicyclic) bond motifs is 1. The molecule has 2 N–H and O–H groups in total. The van der Waals surface area contributed by atoms with E-state index in [1.807, 2.05) is 42.6 Å². The zero-order valence-electron chi connectivity index (χ0n) is 12.8. The Morgan fingerprint density at radius 1 is 1.43 bits per heavy atom. The molecule has 2 heterocycles. The third-order valence-corrected chi connectivity index (χ3v) is 4.63. The van der Waals surface area contributed by atoms with Crippen LogP contribution in [-0.2, 0) is 16.0 Å². The molecule has 0 bridgehead atoms. The zero-order chi connectivity index (χ0) is 16.2. The van der Waals surface area contributed by atoms with Gasteiger partial charge in [0, 0.05) is 11.3 Å². The molecule has 1 atom stereocenters. The molecule has 2 aromatic rings. The molecule has 1 aliphatic heterocycles. The highest BCUT2D eigenvalue weighted by Crippen LogP contribution is 2.30. The summed E-state index contributed by atoms with van der Waals surface area (Å²) in [5.41, 5.74) is 1.58. The molecule has 0 fully saturated rings. The Morgan fingerprint density at radius 2 is 2.30 bits per heavy atom. The van der Waals surface area contributed by atoms with Crippen LogP contribution in [0.4, 0.5) is 5.69 Å². The van der Waals surface area contributed by atoms with Crippen molar-refractivity contribution >= 4 is 28.8 Å². The summed E-state index contributed by atoms with van der Waals surface area (Å²) >= 11 is 1.66. The van der Waals surface area contributed by atoms with Crippen LogP contribution in [-0.4, -0.2) is 18.4 Å². The number of aryl methyl sites for hydroxylation is 1. The maximum absolute atomic E-state index is 12.1. The quantitative estimate of drug-likeness (QED) is 0.886. The molecule has 0 unspecified atom stereocenters. The van der Waals surface area contributed by atoms with Crippen LogP contribution < -0.4 is 15.4 Å². The molecule has 6 heteroatoms. The minimum atomic E-state index is -0.165.